The molecule has 1 N–H and O–H groups in total. The third-order valence-electron chi connectivity index (χ3n) is 2.31. The van der Waals surface area contributed by atoms with E-state index >= 15 is 0 Å². The Balaban J connectivity index is 3.54. The van der Waals surface area contributed by atoms with Crippen molar-refractivity contribution >= 4 is 11.8 Å². The lowest BCUT2D eigenvalue weighted by atomic mass is 10.1. The van der Waals surface area contributed by atoms with E-state index in [1.807, 2.05) is 17.8 Å². The van der Waals surface area contributed by atoms with Crippen LogP contribution in [0.15, 0.2) is 12.7 Å². The summed E-state index contributed by atoms with van der Waals surface area (Å²) in [5.74, 6) is 1.27. The fraction of sp³-hybridized carbons (Fsp3) is 0.833. The van der Waals surface area contributed by atoms with E-state index < -0.39 is 0 Å². The van der Waals surface area contributed by atoms with E-state index in [1.54, 1.807) is 0 Å². The van der Waals surface area contributed by atoms with Crippen LogP contribution in [0.3, 0.4) is 0 Å². The van der Waals surface area contributed by atoms with E-state index in [9.17, 15) is 0 Å². The van der Waals surface area contributed by atoms with Crippen LogP contribution in [0, 0.1) is 0 Å². The Kier molecular flexibility index (Phi) is 11.2. The van der Waals surface area contributed by atoms with Crippen molar-refractivity contribution in [1.82, 2.24) is 5.32 Å². The van der Waals surface area contributed by atoms with E-state index in [0.29, 0.717) is 0 Å². The van der Waals surface area contributed by atoms with E-state index in [0.717, 1.165) is 19.0 Å². The first-order valence-corrected chi connectivity index (χ1v) is 7.07. The molecule has 0 aromatic rings. The smallest absolute Gasteiger partial charge is 0.00750 e. The first kappa shape index (κ1) is 14.1. The molecule has 0 spiro atoms. The normalized spacial score (nSPS) is 12.7. The molecule has 0 radical (unpaired) electrons. The second-order valence-corrected chi connectivity index (χ2v) is 4.64. The molecule has 1 atom stereocenters. The van der Waals surface area contributed by atoms with Gasteiger partial charge in [0.25, 0.3) is 0 Å². The topological polar surface area (TPSA) is 12.0 Å². The number of nitrogens with one attached hydrogen (secondary N) is 1. The Morgan fingerprint density at radius 2 is 2.21 bits per heavy atom. The van der Waals surface area contributed by atoms with Crippen LogP contribution >= 0.6 is 11.8 Å². The third-order valence-corrected chi connectivity index (χ3v) is 2.96. The maximum Gasteiger partial charge on any atom is 0.00750 e. The van der Waals surface area contributed by atoms with Crippen LogP contribution in [0.25, 0.3) is 0 Å². The molecular weight excluding hydrogens is 190 g/mol. The van der Waals surface area contributed by atoms with E-state index in [4.69, 9.17) is 0 Å². The maximum atomic E-state index is 3.76. The molecule has 1 unspecified atom stereocenters. The fourth-order valence-electron chi connectivity index (χ4n) is 1.47. The van der Waals surface area contributed by atoms with Crippen molar-refractivity contribution in [3.05, 3.63) is 12.7 Å². The lowest BCUT2D eigenvalue weighted by Crippen LogP contribution is -2.30. The lowest BCUT2D eigenvalue weighted by Gasteiger charge is -2.17. The van der Waals surface area contributed by atoms with Crippen molar-refractivity contribution in [2.75, 3.05) is 18.6 Å². The summed E-state index contributed by atoms with van der Waals surface area (Å²) < 4.78 is 0. The number of hydrogen-bond acceptors (Lipinski definition) is 2. The summed E-state index contributed by atoms with van der Waals surface area (Å²) in [6, 6.07) is 0.724. The molecular formula is C12H25NS. The van der Waals surface area contributed by atoms with Crippen LogP contribution in [0.2, 0.25) is 0 Å². The molecule has 0 rings (SSSR count). The van der Waals surface area contributed by atoms with Gasteiger partial charge in [0.2, 0.25) is 0 Å². The van der Waals surface area contributed by atoms with Crippen molar-refractivity contribution in [1.29, 1.82) is 0 Å². The molecule has 84 valence electrons. The van der Waals surface area contributed by atoms with Crippen molar-refractivity contribution in [3.8, 4) is 0 Å². The number of allylic oxidation sites excluding steroid dienone is 1. The van der Waals surface area contributed by atoms with Crippen molar-refractivity contribution in [2.24, 2.45) is 0 Å². The van der Waals surface area contributed by atoms with Crippen molar-refractivity contribution in [2.45, 2.75) is 45.1 Å². The largest absolute Gasteiger partial charge is 0.314 e. The highest BCUT2D eigenvalue weighted by atomic mass is 32.2. The molecule has 0 saturated carbocycles. The Morgan fingerprint density at radius 1 is 1.43 bits per heavy atom. The van der Waals surface area contributed by atoms with Gasteiger partial charge in [-0.3, -0.25) is 0 Å². The highest BCUT2D eigenvalue weighted by Crippen LogP contribution is 2.08. The second kappa shape index (κ2) is 11.1. The standard InChI is InChI=1S/C12H25NS/c1-4-6-7-8-12(9-11-14-3)13-10-5-2/h4,12-13H,1,5-11H2,2-3H3. The lowest BCUT2D eigenvalue weighted by molar-refractivity contribution is 0.460. The molecule has 0 aromatic carbocycles. The highest BCUT2D eigenvalue weighted by Gasteiger charge is 2.05. The zero-order valence-electron chi connectivity index (χ0n) is 9.72. The Labute approximate surface area is 93.7 Å². The second-order valence-electron chi connectivity index (χ2n) is 3.65. The predicted molar refractivity (Wildman–Crippen MR) is 69.1 cm³/mol. The summed E-state index contributed by atoms with van der Waals surface area (Å²) in [5, 5.41) is 3.62. The van der Waals surface area contributed by atoms with Gasteiger partial charge >= 0.3 is 0 Å². The summed E-state index contributed by atoms with van der Waals surface area (Å²) in [4.78, 5) is 0. The molecule has 0 aliphatic carbocycles. The fourth-order valence-corrected chi connectivity index (χ4v) is 1.99. The number of thioether (sulfide) groups is 1. The molecule has 0 aromatic heterocycles. The summed E-state index contributed by atoms with van der Waals surface area (Å²) in [6.07, 6.45) is 10.5. The van der Waals surface area contributed by atoms with E-state index in [2.05, 4.69) is 25.1 Å². The first-order valence-electron chi connectivity index (χ1n) is 5.68. The first-order chi connectivity index (χ1) is 6.85. The summed E-state index contributed by atoms with van der Waals surface area (Å²) in [6.45, 7) is 7.14. The molecule has 0 bridgehead atoms. The van der Waals surface area contributed by atoms with Crippen LogP contribution in [0.4, 0.5) is 0 Å². The van der Waals surface area contributed by atoms with Gasteiger partial charge in [0.05, 0.1) is 0 Å². The van der Waals surface area contributed by atoms with Gasteiger partial charge in [0, 0.05) is 6.04 Å². The van der Waals surface area contributed by atoms with Crippen molar-refractivity contribution in [3.63, 3.8) is 0 Å². The monoisotopic (exact) mass is 215 g/mol. The zero-order chi connectivity index (χ0) is 10.6. The van der Waals surface area contributed by atoms with Crippen LogP contribution in [0.1, 0.15) is 39.0 Å². The number of rotatable bonds is 10. The van der Waals surface area contributed by atoms with Gasteiger partial charge in [-0.15, -0.1) is 6.58 Å². The molecule has 0 heterocycles. The molecule has 0 fully saturated rings. The van der Waals surface area contributed by atoms with Crippen LogP contribution in [-0.4, -0.2) is 24.6 Å². The minimum absolute atomic E-state index is 0.724. The Morgan fingerprint density at radius 3 is 2.79 bits per heavy atom. The third kappa shape index (κ3) is 8.64. The van der Waals surface area contributed by atoms with Gasteiger partial charge in [-0.25, -0.2) is 0 Å². The average Bonchev–Trinajstić information content (AvgIpc) is 2.21. The number of unbranched alkanes of at least 4 members (excludes halogenated alkanes) is 1. The molecule has 0 saturated heterocycles. The SMILES string of the molecule is C=CCCCC(CCSC)NCCC. The minimum Gasteiger partial charge on any atom is -0.314 e. The predicted octanol–water partition coefficient (Wildman–Crippen LogP) is 3.46. The van der Waals surface area contributed by atoms with Gasteiger partial charge in [0.15, 0.2) is 0 Å². The van der Waals surface area contributed by atoms with Gasteiger partial charge in [-0.1, -0.05) is 13.0 Å². The van der Waals surface area contributed by atoms with Crippen LogP contribution in [0.5, 0.6) is 0 Å². The molecule has 0 amide bonds. The quantitative estimate of drug-likeness (QED) is 0.442. The van der Waals surface area contributed by atoms with Gasteiger partial charge < -0.3 is 5.32 Å². The highest BCUT2D eigenvalue weighted by molar-refractivity contribution is 7.98. The van der Waals surface area contributed by atoms with Crippen molar-refractivity contribution < 1.29 is 0 Å². The van der Waals surface area contributed by atoms with Gasteiger partial charge in [0.1, 0.15) is 0 Å². The van der Waals surface area contributed by atoms with Crippen LogP contribution < -0.4 is 5.32 Å². The molecule has 2 heteroatoms. The van der Waals surface area contributed by atoms with E-state index in [1.165, 1.54) is 31.4 Å². The summed E-state index contributed by atoms with van der Waals surface area (Å²) >= 11 is 1.94. The Bertz CT molecular complexity index is 117. The zero-order valence-corrected chi connectivity index (χ0v) is 10.5. The summed E-state index contributed by atoms with van der Waals surface area (Å²) in [7, 11) is 0. The van der Waals surface area contributed by atoms with Gasteiger partial charge in [-0.2, -0.15) is 11.8 Å². The molecule has 0 aliphatic heterocycles. The van der Waals surface area contributed by atoms with E-state index in [-0.39, 0.29) is 0 Å². The number of hydrogen-bond donors (Lipinski definition) is 1. The van der Waals surface area contributed by atoms with Gasteiger partial charge in [-0.05, 0) is 50.7 Å². The molecule has 0 aliphatic rings. The molecule has 1 nitrogen and oxygen atoms in total. The average molecular weight is 215 g/mol. The maximum absolute atomic E-state index is 3.76. The Hall–Kier alpha value is 0.0500. The minimum atomic E-state index is 0.724. The summed E-state index contributed by atoms with van der Waals surface area (Å²) in [5.41, 5.74) is 0. The van der Waals surface area contributed by atoms with Crippen LogP contribution in [-0.2, 0) is 0 Å². The molecule has 14 heavy (non-hydrogen) atoms.